The molecule has 4 rings (SSSR count). The summed E-state index contributed by atoms with van der Waals surface area (Å²) >= 11 is 0. The smallest absolute Gasteiger partial charge is 0.290 e. The third kappa shape index (κ3) is 4.15. The highest BCUT2D eigenvalue weighted by molar-refractivity contribution is 5.91. The molecule has 0 spiro atoms. The highest BCUT2D eigenvalue weighted by Crippen LogP contribution is 2.21. The fourth-order valence-corrected chi connectivity index (χ4v) is 3.29. The van der Waals surface area contributed by atoms with Crippen LogP contribution in [0.2, 0.25) is 0 Å². The molecule has 1 saturated carbocycles. The first-order chi connectivity index (χ1) is 13.1. The van der Waals surface area contributed by atoms with Gasteiger partial charge in [-0.25, -0.2) is 0 Å². The van der Waals surface area contributed by atoms with E-state index >= 15 is 0 Å². The fourth-order valence-electron chi connectivity index (χ4n) is 3.29. The first-order valence-electron chi connectivity index (χ1n) is 9.40. The summed E-state index contributed by atoms with van der Waals surface area (Å²) in [6, 6.07) is 5.66. The predicted octanol–water partition coefficient (Wildman–Crippen LogP) is 1.74. The Balaban J connectivity index is 1.39. The zero-order chi connectivity index (χ0) is 18.8. The Hall–Kier alpha value is -2.77. The van der Waals surface area contributed by atoms with Crippen molar-refractivity contribution in [1.29, 1.82) is 0 Å². The molecule has 8 heteroatoms. The third-order valence-corrected chi connectivity index (χ3v) is 4.90. The monoisotopic (exact) mass is 372 g/mol. The molecule has 1 aliphatic carbocycles. The van der Waals surface area contributed by atoms with Crippen LogP contribution in [-0.4, -0.2) is 46.2 Å². The van der Waals surface area contributed by atoms with E-state index in [2.05, 4.69) is 10.4 Å². The standard InChI is InChI=1S/C19H24N4O4/c1-26-18-8-6-16(27-18)19(25)22-9-2-10-23-15(12-22)11-14(21-23)5-7-17(24)20-13-3-4-13/h6,8,11,13H,2-5,7,9-10,12H2,1H3,(H,20,24). The second-order valence-electron chi connectivity index (χ2n) is 7.10. The molecule has 3 heterocycles. The van der Waals surface area contributed by atoms with E-state index in [9.17, 15) is 9.59 Å². The van der Waals surface area contributed by atoms with Crippen molar-refractivity contribution in [2.24, 2.45) is 0 Å². The number of hydrogen-bond acceptors (Lipinski definition) is 5. The maximum Gasteiger partial charge on any atom is 0.290 e. The molecule has 0 aromatic carbocycles. The Morgan fingerprint density at radius 1 is 1.33 bits per heavy atom. The number of nitrogens with one attached hydrogen (secondary N) is 1. The van der Waals surface area contributed by atoms with E-state index in [1.54, 1.807) is 17.0 Å². The van der Waals surface area contributed by atoms with Gasteiger partial charge in [-0.05, 0) is 31.4 Å². The van der Waals surface area contributed by atoms with Gasteiger partial charge in [0.05, 0.1) is 25.0 Å². The van der Waals surface area contributed by atoms with Crippen LogP contribution in [0.4, 0.5) is 0 Å². The number of furan rings is 1. The summed E-state index contributed by atoms with van der Waals surface area (Å²) < 4.78 is 12.4. The Labute approximate surface area is 157 Å². The summed E-state index contributed by atoms with van der Waals surface area (Å²) in [6.07, 6.45) is 4.06. The summed E-state index contributed by atoms with van der Waals surface area (Å²) in [5, 5.41) is 7.61. The largest absolute Gasteiger partial charge is 0.468 e. The van der Waals surface area contributed by atoms with E-state index in [4.69, 9.17) is 9.15 Å². The second kappa shape index (κ2) is 7.46. The Kier molecular flexibility index (Phi) is 4.87. The van der Waals surface area contributed by atoms with Gasteiger partial charge in [-0.15, -0.1) is 0 Å². The van der Waals surface area contributed by atoms with Crippen molar-refractivity contribution in [2.75, 3.05) is 13.7 Å². The van der Waals surface area contributed by atoms with Gasteiger partial charge in [0.15, 0.2) is 5.76 Å². The van der Waals surface area contributed by atoms with Crippen molar-refractivity contribution in [1.82, 2.24) is 20.0 Å². The zero-order valence-electron chi connectivity index (χ0n) is 15.4. The molecule has 0 unspecified atom stereocenters. The minimum Gasteiger partial charge on any atom is -0.468 e. The van der Waals surface area contributed by atoms with E-state index in [0.717, 1.165) is 37.2 Å². The number of carbonyl (C=O) groups excluding carboxylic acids is 2. The number of aromatic nitrogens is 2. The molecular formula is C19H24N4O4. The van der Waals surface area contributed by atoms with E-state index < -0.39 is 0 Å². The van der Waals surface area contributed by atoms with Crippen LogP contribution in [0, 0.1) is 0 Å². The molecule has 0 radical (unpaired) electrons. The summed E-state index contributed by atoms with van der Waals surface area (Å²) in [4.78, 5) is 26.4. The number of ether oxygens (including phenoxy) is 1. The van der Waals surface area contributed by atoms with Gasteiger partial charge in [-0.2, -0.15) is 5.10 Å². The molecule has 144 valence electrons. The van der Waals surface area contributed by atoms with Crippen molar-refractivity contribution >= 4 is 11.8 Å². The highest BCUT2D eigenvalue weighted by Gasteiger charge is 2.25. The third-order valence-electron chi connectivity index (χ3n) is 4.90. The molecule has 2 aliphatic rings. The lowest BCUT2D eigenvalue weighted by Gasteiger charge is -2.18. The summed E-state index contributed by atoms with van der Waals surface area (Å²) in [7, 11) is 1.50. The van der Waals surface area contributed by atoms with Crippen LogP contribution in [0.25, 0.3) is 0 Å². The first kappa shape index (κ1) is 17.6. The number of rotatable bonds is 6. The quantitative estimate of drug-likeness (QED) is 0.834. The Bertz CT molecular complexity index is 837. The number of nitrogens with zero attached hydrogens (tertiary/aromatic N) is 3. The number of carbonyl (C=O) groups is 2. The van der Waals surface area contributed by atoms with Gasteiger partial charge in [0.1, 0.15) is 0 Å². The molecule has 2 aromatic rings. The molecule has 0 saturated heterocycles. The number of amides is 2. The van der Waals surface area contributed by atoms with Gasteiger partial charge >= 0.3 is 0 Å². The van der Waals surface area contributed by atoms with E-state index in [1.165, 1.54) is 7.11 Å². The predicted molar refractivity (Wildman–Crippen MR) is 96.3 cm³/mol. The average Bonchev–Trinajstić information content (AvgIpc) is 3.26. The van der Waals surface area contributed by atoms with Crippen LogP contribution in [-0.2, 0) is 24.3 Å². The van der Waals surface area contributed by atoms with E-state index in [0.29, 0.717) is 37.9 Å². The number of methoxy groups -OCH3 is 1. The van der Waals surface area contributed by atoms with Crippen LogP contribution in [0.5, 0.6) is 5.95 Å². The zero-order valence-corrected chi connectivity index (χ0v) is 15.4. The lowest BCUT2D eigenvalue weighted by Crippen LogP contribution is -2.30. The fraction of sp³-hybridized carbons (Fsp3) is 0.526. The summed E-state index contributed by atoms with van der Waals surface area (Å²) in [6.45, 7) is 1.88. The molecule has 8 nitrogen and oxygen atoms in total. The Morgan fingerprint density at radius 2 is 2.19 bits per heavy atom. The van der Waals surface area contributed by atoms with Crippen LogP contribution in [0.15, 0.2) is 22.6 Å². The second-order valence-corrected chi connectivity index (χ2v) is 7.10. The molecule has 2 amide bonds. The van der Waals surface area contributed by atoms with Crippen LogP contribution < -0.4 is 10.1 Å². The maximum absolute atomic E-state index is 12.7. The minimum absolute atomic E-state index is 0.0873. The van der Waals surface area contributed by atoms with Gasteiger partial charge in [0, 0.05) is 38.0 Å². The minimum atomic E-state index is -0.154. The van der Waals surface area contributed by atoms with Gasteiger partial charge in [-0.3, -0.25) is 14.3 Å². The van der Waals surface area contributed by atoms with Gasteiger partial charge in [0.25, 0.3) is 11.9 Å². The molecule has 1 aliphatic heterocycles. The highest BCUT2D eigenvalue weighted by atomic mass is 16.6. The maximum atomic E-state index is 12.7. The topological polar surface area (TPSA) is 89.6 Å². The van der Waals surface area contributed by atoms with Gasteiger partial charge < -0.3 is 19.4 Å². The number of hydrogen-bond donors (Lipinski definition) is 1. The summed E-state index contributed by atoms with van der Waals surface area (Å²) in [5.41, 5.74) is 1.88. The number of fused-ring (bicyclic) bond motifs is 1. The van der Waals surface area contributed by atoms with Crippen LogP contribution >= 0.6 is 0 Å². The van der Waals surface area contributed by atoms with E-state index in [1.807, 2.05) is 10.7 Å². The number of aryl methyl sites for hydroxylation is 2. The normalized spacial score (nSPS) is 16.6. The van der Waals surface area contributed by atoms with Crippen molar-refractivity contribution in [3.8, 4) is 5.95 Å². The average molecular weight is 372 g/mol. The SMILES string of the molecule is COc1ccc(C(=O)N2CCCn3nc(CCC(=O)NC4CC4)cc3C2)o1. The van der Waals surface area contributed by atoms with Gasteiger partial charge in [0.2, 0.25) is 5.91 Å². The molecule has 1 N–H and O–H groups in total. The van der Waals surface area contributed by atoms with Crippen molar-refractivity contribution in [2.45, 2.75) is 51.2 Å². The van der Waals surface area contributed by atoms with Crippen molar-refractivity contribution < 1.29 is 18.7 Å². The lowest BCUT2D eigenvalue weighted by atomic mass is 10.2. The van der Waals surface area contributed by atoms with Gasteiger partial charge in [-0.1, -0.05) is 0 Å². The molecule has 2 aromatic heterocycles. The molecule has 27 heavy (non-hydrogen) atoms. The van der Waals surface area contributed by atoms with Crippen molar-refractivity contribution in [3.05, 3.63) is 35.3 Å². The van der Waals surface area contributed by atoms with E-state index in [-0.39, 0.29) is 17.6 Å². The van der Waals surface area contributed by atoms with Crippen molar-refractivity contribution in [3.63, 3.8) is 0 Å². The van der Waals surface area contributed by atoms with Crippen LogP contribution in [0.3, 0.4) is 0 Å². The molecule has 0 atom stereocenters. The summed E-state index contributed by atoms with van der Waals surface area (Å²) in [5.74, 6) is 0.532. The van der Waals surface area contributed by atoms with Crippen LogP contribution in [0.1, 0.15) is 47.6 Å². The molecule has 1 fully saturated rings. The lowest BCUT2D eigenvalue weighted by molar-refractivity contribution is -0.121. The molecular weight excluding hydrogens is 348 g/mol. The molecule has 0 bridgehead atoms. The Morgan fingerprint density at radius 3 is 2.93 bits per heavy atom. The first-order valence-corrected chi connectivity index (χ1v) is 9.40.